The number of halogens is 3. The Balaban J connectivity index is 2.29. The summed E-state index contributed by atoms with van der Waals surface area (Å²) in [5.41, 5.74) is 0.479. The van der Waals surface area contributed by atoms with Gasteiger partial charge in [-0.15, -0.1) is 0 Å². The van der Waals surface area contributed by atoms with Gasteiger partial charge >= 0.3 is 0 Å². The first-order chi connectivity index (χ1) is 9.10. The molecular formula is C13H11F3N2O. The lowest BCUT2D eigenvalue weighted by Gasteiger charge is -2.10. The van der Waals surface area contributed by atoms with Crippen LogP contribution in [0, 0.1) is 17.5 Å². The smallest absolute Gasteiger partial charge is 0.223 e. The molecule has 19 heavy (non-hydrogen) atoms. The van der Waals surface area contributed by atoms with E-state index in [9.17, 15) is 13.2 Å². The van der Waals surface area contributed by atoms with Crippen LogP contribution in [0.1, 0.15) is 5.56 Å². The minimum Gasteiger partial charge on any atom is -0.439 e. The van der Waals surface area contributed by atoms with Crippen molar-refractivity contribution in [1.29, 1.82) is 0 Å². The van der Waals surface area contributed by atoms with Crippen molar-refractivity contribution < 1.29 is 17.9 Å². The summed E-state index contributed by atoms with van der Waals surface area (Å²) in [7, 11) is 1.69. The molecule has 0 aliphatic heterocycles. The Morgan fingerprint density at radius 1 is 1.16 bits per heavy atom. The van der Waals surface area contributed by atoms with Gasteiger partial charge in [0.25, 0.3) is 0 Å². The summed E-state index contributed by atoms with van der Waals surface area (Å²) >= 11 is 0. The van der Waals surface area contributed by atoms with Gasteiger partial charge in [-0.05, 0) is 25.2 Å². The zero-order chi connectivity index (χ0) is 13.8. The minimum atomic E-state index is -1.02. The second kappa shape index (κ2) is 5.71. The molecule has 0 atom stereocenters. The molecule has 2 aromatic rings. The molecule has 0 aliphatic carbocycles. The van der Waals surface area contributed by atoms with Gasteiger partial charge in [0.2, 0.25) is 5.88 Å². The highest BCUT2D eigenvalue weighted by Gasteiger charge is 2.10. The first-order valence-corrected chi connectivity index (χ1v) is 5.52. The first kappa shape index (κ1) is 13.4. The van der Waals surface area contributed by atoms with Crippen LogP contribution in [-0.4, -0.2) is 12.0 Å². The Morgan fingerprint density at radius 3 is 2.63 bits per heavy atom. The van der Waals surface area contributed by atoms with Gasteiger partial charge in [-0.25, -0.2) is 18.2 Å². The van der Waals surface area contributed by atoms with Gasteiger partial charge in [0.05, 0.1) is 6.20 Å². The van der Waals surface area contributed by atoms with E-state index in [-0.39, 0.29) is 11.6 Å². The Hall–Kier alpha value is -2.08. The fourth-order valence-corrected chi connectivity index (χ4v) is 1.53. The van der Waals surface area contributed by atoms with Crippen molar-refractivity contribution >= 4 is 0 Å². The molecule has 0 spiro atoms. The molecule has 0 aliphatic rings. The van der Waals surface area contributed by atoms with Crippen molar-refractivity contribution in [1.82, 2.24) is 10.3 Å². The first-order valence-electron chi connectivity index (χ1n) is 5.52. The van der Waals surface area contributed by atoms with Crippen LogP contribution in [-0.2, 0) is 6.54 Å². The fraction of sp³-hybridized carbons (Fsp3) is 0.154. The monoisotopic (exact) mass is 268 g/mol. The third kappa shape index (κ3) is 3.23. The van der Waals surface area contributed by atoms with Crippen LogP contribution in [0.15, 0.2) is 30.5 Å². The number of hydrogen-bond acceptors (Lipinski definition) is 3. The molecule has 0 bridgehead atoms. The van der Waals surface area contributed by atoms with E-state index < -0.39 is 17.5 Å². The lowest BCUT2D eigenvalue weighted by atomic mass is 10.2. The molecule has 1 N–H and O–H groups in total. The molecule has 0 fully saturated rings. The maximum Gasteiger partial charge on any atom is 0.223 e. The largest absolute Gasteiger partial charge is 0.439 e. The molecule has 1 aromatic heterocycles. The normalized spacial score (nSPS) is 10.5. The van der Waals surface area contributed by atoms with Crippen LogP contribution < -0.4 is 10.1 Å². The van der Waals surface area contributed by atoms with Gasteiger partial charge in [0, 0.05) is 18.2 Å². The van der Waals surface area contributed by atoms with Gasteiger partial charge in [0.15, 0.2) is 11.6 Å². The summed E-state index contributed by atoms with van der Waals surface area (Å²) in [5.74, 6) is -2.25. The summed E-state index contributed by atoms with van der Waals surface area (Å²) in [6.07, 6.45) is 0.994. The molecule has 2 rings (SSSR count). The summed E-state index contributed by atoms with van der Waals surface area (Å²) in [4.78, 5) is 3.79. The highest BCUT2D eigenvalue weighted by atomic mass is 19.2. The van der Waals surface area contributed by atoms with Crippen molar-refractivity contribution in [3.05, 3.63) is 53.5 Å². The van der Waals surface area contributed by atoms with Crippen molar-refractivity contribution in [2.75, 3.05) is 7.05 Å². The predicted molar refractivity (Wildman–Crippen MR) is 63.4 cm³/mol. The summed E-state index contributed by atoms with van der Waals surface area (Å²) in [6, 6.07) is 4.39. The van der Waals surface area contributed by atoms with E-state index >= 15 is 0 Å². The SMILES string of the molecule is CNCc1cc(F)cnc1Oc1ccc(F)c(F)c1. The molecule has 100 valence electrons. The van der Waals surface area contributed by atoms with E-state index in [2.05, 4.69) is 10.3 Å². The minimum absolute atomic E-state index is 0.0929. The zero-order valence-electron chi connectivity index (χ0n) is 10.1. The summed E-state index contributed by atoms with van der Waals surface area (Å²) in [6.45, 7) is 0.337. The second-order valence-corrected chi connectivity index (χ2v) is 3.83. The Kier molecular flexibility index (Phi) is 4.01. The molecule has 0 amide bonds. The molecule has 1 heterocycles. The van der Waals surface area contributed by atoms with Gasteiger partial charge in [0.1, 0.15) is 11.6 Å². The average molecular weight is 268 g/mol. The molecule has 0 radical (unpaired) electrons. The van der Waals surface area contributed by atoms with E-state index in [4.69, 9.17) is 4.74 Å². The molecule has 6 heteroatoms. The highest BCUT2D eigenvalue weighted by molar-refractivity contribution is 5.33. The Labute approximate surface area is 108 Å². The van der Waals surface area contributed by atoms with Crippen LogP contribution in [0.3, 0.4) is 0 Å². The number of rotatable bonds is 4. The molecule has 3 nitrogen and oxygen atoms in total. The van der Waals surface area contributed by atoms with Gasteiger partial charge in [-0.3, -0.25) is 0 Å². The topological polar surface area (TPSA) is 34.2 Å². The van der Waals surface area contributed by atoms with E-state index in [0.717, 1.165) is 18.3 Å². The third-order valence-electron chi connectivity index (χ3n) is 2.36. The number of benzene rings is 1. The van der Waals surface area contributed by atoms with Crippen molar-refractivity contribution in [2.24, 2.45) is 0 Å². The zero-order valence-corrected chi connectivity index (χ0v) is 10.1. The molecule has 0 saturated heterocycles. The van der Waals surface area contributed by atoms with Gasteiger partial charge in [-0.2, -0.15) is 0 Å². The van der Waals surface area contributed by atoms with E-state index in [1.54, 1.807) is 7.05 Å². The van der Waals surface area contributed by atoms with Crippen molar-refractivity contribution in [3.8, 4) is 11.6 Å². The van der Waals surface area contributed by atoms with Crippen molar-refractivity contribution in [3.63, 3.8) is 0 Å². The maximum atomic E-state index is 13.1. The fourth-order valence-electron chi connectivity index (χ4n) is 1.53. The van der Waals surface area contributed by atoms with Crippen LogP contribution in [0.2, 0.25) is 0 Å². The number of aromatic nitrogens is 1. The van der Waals surface area contributed by atoms with E-state index in [1.165, 1.54) is 12.1 Å². The van der Waals surface area contributed by atoms with E-state index in [0.29, 0.717) is 12.1 Å². The van der Waals surface area contributed by atoms with Crippen LogP contribution in [0.25, 0.3) is 0 Å². The third-order valence-corrected chi connectivity index (χ3v) is 2.36. The molecule has 1 aromatic carbocycles. The highest BCUT2D eigenvalue weighted by Crippen LogP contribution is 2.24. The molecule has 0 unspecified atom stereocenters. The lowest BCUT2D eigenvalue weighted by Crippen LogP contribution is -2.08. The summed E-state index contributed by atoms with van der Waals surface area (Å²) in [5, 5.41) is 2.84. The number of ether oxygens (including phenoxy) is 1. The lowest BCUT2D eigenvalue weighted by molar-refractivity contribution is 0.438. The summed E-state index contributed by atoms with van der Waals surface area (Å²) < 4.78 is 44.2. The quantitative estimate of drug-likeness (QED) is 0.925. The standard InChI is InChI=1S/C13H11F3N2O/c1-17-6-8-4-9(14)7-18-13(8)19-10-2-3-11(15)12(16)5-10/h2-5,7,17H,6H2,1H3. The van der Waals surface area contributed by atoms with Crippen LogP contribution in [0.5, 0.6) is 11.6 Å². The van der Waals surface area contributed by atoms with Crippen LogP contribution in [0.4, 0.5) is 13.2 Å². The Bertz CT molecular complexity index is 590. The second-order valence-electron chi connectivity index (χ2n) is 3.83. The Morgan fingerprint density at radius 2 is 1.95 bits per heavy atom. The number of hydrogen-bond donors (Lipinski definition) is 1. The number of pyridine rings is 1. The van der Waals surface area contributed by atoms with Crippen molar-refractivity contribution in [2.45, 2.75) is 6.54 Å². The van der Waals surface area contributed by atoms with Gasteiger partial charge in [-0.1, -0.05) is 0 Å². The molecular weight excluding hydrogens is 257 g/mol. The maximum absolute atomic E-state index is 13.1. The predicted octanol–water partition coefficient (Wildman–Crippen LogP) is 3.01. The van der Waals surface area contributed by atoms with Crippen LogP contribution >= 0.6 is 0 Å². The number of nitrogens with one attached hydrogen (secondary N) is 1. The average Bonchev–Trinajstić information content (AvgIpc) is 2.37. The molecule has 0 saturated carbocycles. The van der Waals surface area contributed by atoms with Gasteiger partial charge < -0.3 is 10.1 Å². The van der Waals surface area contributed by atoms with E-state index in [1.807, 2.05) is 0 Å². The number of nitrogens with zero attached hydrogens (tertiary/aromatic N) is 1.